The van der Waals surface area contributed by atoms with E-state index in [4.69, 9.17) is 0 Å². The van der Waals surface area contributed by atoms with E-state index in [0.717, 1.165) is 0 Å². The van der Waals surface area contributed by atoms with Crippen LogP contribution in [-0.2, 0) is 10.0 Å². The average Bonchev–Trinajstić information content (AvgIpc) is 2.82. The first-order valence-electron chi connectivity index (χ1n) is 5.24. The van der Waals surface area contributed by atoms with Gasteiger partial charge in [0.15, 0.2) is 5.82 Å². The summed E-state index contributed by atoms with van der Waals surface area (Å²) in [6.45, 7) is 2.48. The van der Waals surface area contributed by atoms with Crippen LogP contribution in [0.5, 0.6) is 0 Å². The number of hydrogen-bond acceptors (Lipinski definition) is 6. The van der Waals surface area contributed by atoms with E-state index in [2.05, 4.69) is 24.7 Å². The third kappa shape index (κ3) is 2.59. The van der Waals surface area contributed by atoms with Crippen molar-refractivity contribution in [2.75, 3.05) is 16.6 Å². The van der Waals surface area contributed by atoms with Gasteiger partial charge in [-0.05, 0) is 13.0 Å². The summed E-state index contributed by atoms with van der Waals surface area (Å²) in [5.74, 6) is 0.126. The number of aromatic nitrogens is 2. The molecule has 0 saturated heterocycles. The van der Waals surface area contributed by atoms with Crippen molar-refractivity contribution < 1.29 is 12.9 Å². The van der Waals surface area contributed by atoms with Gasteiger partial charge >= 0.3 is 0 Å². The molecular formula is C10H12N4O3S. The van der Waals surface area contributed by atoms with Crippen LogP contribution in [0.15, 0.2) is 40.2 Å². The second-order valence-corrected chi connectivity index (χ2v) is 5.04. The summed E-state index contributed by atoms with van der Waals surface area (Å²) in [5, 5.41) is 6.46. The highest BCUT2D eigenvalue weighted by molar-refractivity contribution is 7.92. The fourth-order valence-electron chi connectivity index (χ4n) is 1.39. The Labute approximate surface area is 104 Å². The predicted molar refractivity (Wildman–Crippen MR) is 65.7 cm³/mol. The summed E-state index contributed by atoms with van der Waals surface area (Å²) in [6.07, 6.45) is 4.08. The summed E-state index contributed by atoms with van der Waals surface area (Å²) in [4.78, 5) is 3.88. The molecule has 18 heavy (non-hydrogen) atoms. The molecule has 0 radical (unpaired) electrons. The highest BCUT2D eigenvalue weighted by atomic mass is 32.2. The molecule has 0 saturated carbocycles. The Morgan fingerprint density at radius 3 is 2.89 bits per heavy atom. The fraction of sp³-hybridized carbons (Fsp3) is 0.200. The highest BCUT2D eigenvalue weighted by Gasteiger charge is 2.19. The molecule has 0 aliphatic rings. The van der Waals surface area contributed by atoms with Crippen molar-refractivity contribution in [1.82, 2.24) is 10.1 Å². The van der Waals surface area contributed by atoms with E-state index in [1.807, 2.05) is 6.92 Å². The average molecular weight is 268 g/mol. The number of nitrogens with zero attached hydrogens (tertiary/aromatic N) is 2. The molecule has 0 atom stereocenters. The molecule has 2 aromatic rings. The quantitative estimate of drug-likeness (QED) is 0.848. The van der Waals surface area contributed by atoms with Gasteiger partial charge in [0.05, 0.1) is 5.69 Å². The summed E-state index contributed by atoms with van der Waals surface area (Å²) in [5.41, 5.74) is 0.489. The second-order valence-electron chi connectivity index (χ2n) is 3.39. The third-order valence-electron chi connectivity index (χ3n) is 2.12. The lowest BCUT2D eigenvalue weighted by atomic mass is 10.4. The number of pyridine rings is 1. The Balaban J connectivity index is 2.35. The van der Waals surface area contributed by atoms with Gasteiger partial charge in [-0.1, -0.05) is 5.16 Å². The van der Waals surface area contributed by atoms with Gasteiger partial charge in [-0.2, -0.15) is 0 Å². The van der Waals surface area contributed by atoms with Gasteiger partial charge in [-0.15, -0.1) is 0 Å². The molecule has 2 heterocycles. The number of rotatable bonds is 5. The Kier molecular flexibility index (Phi) is 3.47. The number of nitrogens with one attached hydrogen (secondary N) is 2. The zero-order valence-corrected chi connectivity index (χ0v) is 10.4. The minimum Gasteiger partial charge on any atom is -0.384 e. The summed E-state index contributed by atoms with van der Waals surface area (Å²) >= 11 is 0. The van der Waals surface area contributed by atoms with Crippen molar-refractivity contribution in [1.29, 1.82) is 0 Å². The van der Waals surface area contributed by atoms with Crippen molar-refractivity contribution in [2.24, 2.45) is 0 Å². The summed E-state index contributed by atoms with van der Waals surface area (Å²) in [6, 6.07) is 3.02. The van der Waals surface area contributed by atoms with Gasteiger partial charge in [0.2, 0.25) is 0 Å². The molecule has 2 aromatic heterocycles. The fourth-order valence-corrected chi connectivity index (χ4v) is 2.51. The molecule has 0 aliphatic carbocycles. The molecule has 0 spiro atoms. The normalized spacial score (nSPS) is 11.2. The van der Waals surface area contributed by atoms with Crippen molar-refractivity contribution in [3.8, 4) is 0 Å². The van der Waals surface area contributed by atoms with Crippen LogP contribution in [0.2, 0.25) is 0 Å². The topological polar surface area (TPSA) is 97.1 Å². The number of anilines is 2. The molecular weight excluding hydrogens is 256 g/mol. The van der Waals surface area contributed by atoms with E-state index >= 15 is 0 Å². The standard InChI is InChI=1S/C10H12N4O3S/c1-2-12-8-3-5-11-7-9(8)18(15,16)14-10-4-6-17-13-10/h3-7H,2H2,1H3,(H,11,12)(H,13,14). The highest BCUT2D eigenvalue weighted by Crippen LogP contribution is 2.21. The lowest BCUT2D eigenvalue weighted by Gasteiger charge is -2.10. The molecule has 96 valence electrons. The largest absolute Gasteiger partial charge is 0.384 e. The van der Waals surface area contributed by atoms with Crippen molar-refractivity contribution in [3.63, 3.8) is 0 Å². The lowest BCUT2D eigenvalue weighted by molar-refractivity contribution is 0.423. The first-order valence-corrected chi connectivity index (χ1v) is 6.73. The smallest absolute Gasteiger partial charge is 0.266 e. The van der Waals surface area contributed by atoms with Crippen LogP contribution in [0.4, 0.5) is 11.5 Å². The molecule has 2 N–H and O–H groups in total. The predicted octanol–water partition coefficient (Wildman–Crippen LogP) is 1.30. The maximum absolute atomic E-state index is 12.1. The van der Waals surface area contributed by atoms with Gasteiger partial charge in [0, 0.05) is 25.0 Å². The van der Waals surface area contributed by atoms with Gasteiger partial charge < -0.3 is 9.84 Å². The SMILES string of the molecule is CCNc1ccncc1S(=O)(=O)Nc1ccon1. The van der Waals surface area contributed by atoms with E-state index in [-0.39, 0.29) is 10.7 Å². The molecule has 0 unspecified atom stereocenters. The summed E-state index contributed by atoms with van der Waals surface area (Å²) in [7, 11) is -3.73. The van der Waals surface area contributed by atoms with E-state index in [0.29, 0.717) is 12.2 Å². The van der Waals surface area contributed by atoms with Crippen LogP contribution in [0.3, 0.4) is 0 Å². The van der Waals surface area contributed by atoms with Crippen molar-refractivity contribution in [3.05, 3.63) is 30.8 Å². The molecule has 0 amide bonds. The molecule has 2 rings (SSSR count). The molecule has 0 fully saturated rings. The van der Waals surface area contributed by atoms with E-state index in [1.165, 1.54) is 24.7 Å². The van der Waals surface area contributed by atoms with E-state index in [9.17, 15) is 8.42 Å². The van der Waals surface area contributed by atoms with Crippen LogP contribution >= 0.6 is 0 Å². The first kappa shape index (κ1) is 12.4. The minimum atomic E-state index is -3.73. The van der Waals surface area contributed by atoms with Crippen LogP contribution < -0.4 is 10.0 Å². The van der Waals surface area contributed by atoms with Gasteiger partial charge in [-0.3, -0.25) is 9.71 Å². The van der Waals surface area contributed by atoms with E-state index in [1.54, 1.807) is 6.07 Å². The van der Waals surface area contributed by atoms with Gasteiger partial charge in [0.25, 0.3) is 10.0 Å². The monoisotopic (exact) mass is 268 g/mol. The van der Waals surface area contributed by atoms with Crippen LogP contribution in [0.1, 0.15) is 6.92 Å². The third-order valence-corrected chi connectivity index (χ3v) is 3.50. The van der Waals surface area contributed by atoms with Gasteiger partial charge in [-0.25, -0.2) is 8.42 Å². The summed E-state index contributed by atoms with van der Waals surface area (Å²) < 4.78 is 31.1. The van der Waals surface area contributed by atoms with Crippen LogP contribution in [0, 0.1) is 0 Å². The Bertz CT molecular complexity index is 610. The van der Waals surface area contributed by atoms with Crippen molar-refractivity contribution >= 4 is 21.5 Å². The molecule has 0 aliphatic heterocycles. The second kappa shape index (κ2) is 5.05. The minimum absolute atomic E-state index is 0.0647. The molecule has 0 bridgehead atoms. The molecule has 7 nitrogen and oxygen atoms in total. The Morgan fingerprint density at radius 1 is 1.39 bits per heavy atom. The van der Waals surface area contributed by atoms with Crippen LogP contribution in [-0.4, -0.2) is 25.1 Å². The van der Waals surface area contributed by atoms with Crippen LogP contribution in [0.25, 0.3) is 0 Å². The Hall–Kier alpha value is -2.09. The lowest BCUT2D eigenvalue weighted by Crippen LogP contribution is -2.15. The van der Waals surface area contributed by atoms with Gasteiger partial charge in [0.1, 0.15) is 11.2 Å². The molecule has 0 aromatic carbocycles. The zero-order valence-electron chi connectivity index (χ0n) is 9.62. The maximum atomic E-state index is 12.1. The first-order chi connectivity index (χ1) is 8.63. The number of hydrogen-bond donors (Lipinski definition) is 2. The van der Waals surface area contributed by atoms with Crippen molar-refractivity contribution in [2.45, 2.75) is 11.8 Å². The zero-order chi connectivity index (χ0) is 13.0. The number of sulfonamides is 1. The van der Waals surface area contributed by atoms with E-state index < -0.39 is 10.0 Å². The Morgan fingerprint density at radius 2 is 2.22 bits per heavy atom. The molecule has 8 heteroatoms. The maximum Gasteiger partial charge on any atom is 0.266 e.